The van der Waals surface area contributed by atoms with E-state index in [-0.39, 0.29) is 5.43 Å². The molecule has 0 spiro atoms. The molecule has 0 bridgehead atoms. The Labute approximate surface area is 113 Å². The molecule has 0 atom stereocenters. The summed E-state index contributed by atoms with van der Waals surface area (Å²) in [5.74, 6) is -0.207. The standard InChI is InChI=1S/C15H21NO3/c1-10-4-6-15(7-5-10,14(18)19)16-11(2)8-13(17)9-12(16)3/h8-10H,4-7H2,1-3H3,(H,18,19). The van der Waals surface area contributed by atoms with Crippen molar-refractivity contribution in [2.75, 3.05) is 0 Å². The molecule has 4 nitrogen and oxygen atoms in total. The summed E-state index contributed by atoms with van der Waals surface area (Å²) < 4.78 is 1.85. The van der Waals surface area contributed by atoms with Gasteiger partial charge in [-0.2, -0.15) is 0 Å². The highest BCUT2D eigenvalue weighted by atomic mass is 16.4. The van der Waals surface area contributed by atoms with E-state index in [1.54, 1.807) is 0 Å². The Morgan fingerprint density at radius 2 is 1.74 bits per heavy atom. The minimum absolute atomic E-state index is 0.0593. The zero-order valence-electron chi connectivity index (χ0n) is 11.8. The van der Waals surface area contributed by atoms with Gasteiger partial charge in [0.2, 0.25) is 0 Å². The molecule has 0 radical (unpaired) electrons. The summed E-state index contributed by atoms with van der Waals surface area (Å²) >= 11 is 0. The number of hydrogen-bond acceptors (Lipinski definition) is 2. The van der Waals surface area contributed by atoms with Crippen molar-refractivity contribution in [3.05, 3.63) is 33.7 Å². The number of carbonyl (C=O) groups is 1. The van der Waals surface area contributed by atoms with Crippen LogP contribution in [0.1, 0.15) is 44.0 Å². The average Bonchev–Trinajstić information content (AvgIpc) is 2.30. The van der Waals surface area contributed by atoms with Gasteiger partial charge in [-0.05, 0) is 45.4 Å². The molecule has 1 aromatic rings. The van der Waals surface area contributed by atoms with E-state index < -0.39 is 11.5 Å². The van der Waals surface area contributed by atoms with Gasteiger partial charge in [-0.3, -0.25) is 4.79 Å². The number of aryl methyl sites for hydroxylation is 2. The van der Waals surface area contributed by atoms with Gasteiger partial charge in [0.15, 0.2) is 5.43 Å². The van der Waals surface area contributed by atoms with Gasteiger partial charge in [0, 0.05) is 23.5 Å². The molecule has 1 aromatic heterocycles. The predicted molar refractivity (Wildman–Crippen MR) is 73.4 cm³/mol. The van der Waals surface area contributed by atoms with Crippen molar-refractivity contribution in [2.45, 2.75) is 52.0 Å². The third-order valence-electron chi connectivity index (χ3n) is 4.34. The molecule has 1 aliphatic rings. The van der Waals surface area contributed by atoms with Crippen molar-refractivity contribution in [1.82, 2.24) is 4.57 Å². The zero-order chi connectivity index (χ0) is 14.2. The van der Waals surface area contributed by atoms with Crippen LogP contribution < -0.4 is 5.43 Å². The number of pyridine rings is 1. The van der Waals surface area contributed by atoms with E-state index in [0.29, 0.717) is 18.8 Å². The van der Waals surface area contributed by atoms with Gasteiger partial charge >= 0.3 is 5.97 Å². The topological polar surface area (TPSA) is 59.3 Å². The number of nitrogens with zero attached hydrogens (tertiary/aromatic N) is 1. The van der Waals surface area contributed by atoms with Gasteiger partial charge in [-0.1, -0.05) is 6.92 Å². The van der Waals surface area contributed by atoms with Crippen molar-refractivity contribution in [1.29, 1.82) is 0 Å². The van der Waals surface area contributed by atoms with Gasteiger partial charge in [0.1, 0.15) is 5.54 Å². The molecule has 0 aliphatic heterocycles. The molecule has 104 valence electrons. The van der Waals surface area contributed by atoms with Crippen LogP contribution in [0.4, 0.5) is 0 Å². The highest BCUT2D eigenvalue weighted by Gasteiger charge is 2.43. The molecular weight excluding hydrogens is 242 g/mol. The van der Waals surface area contributed by atoms with E-state index in [1.165, 1.54) is 12.1 Å². The molecule has 0 aromatic carbocycles. The minimum atomic E-state index is -0.881. The SMILES string of the molecule is Cc1cc(=O)cc(C)n1C1(C(=O)O)CCC(C)CC1. The Hall–Kier alpha value is -1.58. The van der Waals surface area contributed by atoms with E-state index >= 15 is 0 Å². The van der Waals surface area contributed by atoms with Crippen molar-refractivity contribution < 1.29 is 9.90 Å². The lowest BCUT2D eigenvalue weighted by Gasteiger charge is -2.40. The molecule has 1 N–H and O–H groups in total. The predicted octanol–water partition coefficient (Wildman–Crippen LogP) is 2.46. The van der Waals surface area contributed by atoms with Gasteiger partial charge in [-0.25, -0.2) is 4.79 Å². The molecule has 0 unspecified atom stereocenters. The Balaban J connectivity index is 2.58. The Kier molecular flexibility index (Phi) is 3.52. The normalized spacial score (nSPS) is 27.2. The molecule has 1 fully saturated rings. The highest BCUT2D eigenvalue weighted by molar-refractivity contribution is 5.77. The minimum Gasteiger partial charge on any atom is -0.479 e. The summed E-state index contributed by atoms with van der Waals surface area (Å²) in [4.78, 5) is 23.4. The van der Waals surface area contributed by atoms with E-state index in [9.17, 15) is 14.7 Å². The fourth-order valence-corrected chi connectivity index (χ4v) is 3.31. The van der Waals surface area contributed by atoms with Crippen LogP contribution in [-0.4, -0.2) is 15.6 Å². The number of carboxylic acids is 1. The largest absolute Gasteiger partial charge is 0.479 e. The lowest BCUT2D eigenvalue weighted by molar-refractivity contribution is -0.150. The van der Waals surface area contributed by atoms with Crippen molar-refractivity contribution in [3.63, 3.8) is 0 Å². The number of aromatic nitrogens is 1. The first-order valence-electron chi connectivity index (χ1n) is 6.81. The van der Waals surface area contributed by atoms with Gasteiger partial charge in [0.25, 0.3) is 0 Å². The second kappa shape index (κ2) is 4.83. The van der Waals surface area contributed by atoms with Crippen LogP contribution in [0.25, 0.3) is 0 Å². The smallest absolute Gasteiger partial charge is 0.329 e. The summed E-state index contributed by atoms with van der Waals surface area (Å²) in [6.07, 6.45) is 3.09. The molecule has 1 aliphatic carbocycles. The first kappa shape index (κ1) is 13.8. The summed E-state index contributed by atoms with van der Waals surface area (Å²) in [5.41, 5.74) is 0.536. The summed E-state index contributed by atoms with van der Waals surface area (Å²) in [7, 11) is 0. The third-order valence-corrected chi connectivity index (χ3v) is 4.34. The molecule has 0 saturated heterocycles. The Morgan fingerprint density at radius 3 is 2.16 bits per heavy atom. The number of rotatable bonds is 2. The van der Waals surface area contributed by atoms with E-state index in [4.69, 9.17) is 0 Å². The average molecular weight is 263 g/mol. The molecule has 0 amide bonds. The number of carboxylic acid groups (broad SMARTS) is 1. The number of hydrogen-bond donors (Lipinski definition) is 1. The van der Waals surface area contributed by atoms with Crippen LogP contribution in [0, 0.1) is 19.8 Å². The Morgan fingerprint density at radius 1 is 1.26 bits per heavy atom. The Bertz CT molecular complexity index is 525. The van der Waals surface area contributed by atoms with Gasteiger partial charge < -0.3 is 9.67 Å². The van der Waals surface area contributed by atoms with Crippen LogP contribution in [-0.2, 0) is 10.3 Å². The van der Waals surface area contributed by atoms with Gasteiger partial charge in [0.05, 0.1) is 0 Å². The molecule has 19 heavy (non-hydrogen) atoms. The molecule has 1 heterocycles. The lowest BCUT2D eigenvalue weighted by Crippen LogP contribution is -2.46. The second-order valence-electron chi connectivity index (χ2n) is 5.83. The summed E-state index contributed by atoms with van der Waals surface area (Å²) in [6.45, 7) is 5.80. The van der Waals surface area contributed by atoms with Gasteiger partial charge in [-0.15, -0.1) is 0 Å². The molecular formula is C15H21NO3. The van der Waals surface area contributed by atoms with Crippen LogP contribution in [0.5, 0.6) is 0 Å². The van der Waals surface area contributed by atoms with Crippen LogP contribution in [0.2, 0.25) is 0 Å². The fraction of sp³-hybridized carbons (Fsp3) is 0.600. The summed E-state index contributed by atoms with van der Waals surface area (Å²) in [6, 6.07) is 3.05. The zero-order valence-corrected chi connectivity index (χ0v) is 11.8. The molecule has 4 heteroatoms. The maximum absolute atomic E-state index is 11.9. The molecule has 2 rings (SSSR count). The fourth-order valence-electron chi connectivity index (χ4n) is 3.31. The maximum Gasteiger partial charge on any atom is 0.329 e. The quantitative estimate of drug-likeness (QED) is 0.891. The second-order valence-corrected chi connectivity index (χ2v) is 5.83. The first-order chi connectivity index (χ1) is 8.86. The first-order valence-corrected chi connectivity index (χ1v) is 6.81. The van der Waals surface area contributed by atoms with Crippen molar-refractivity contribution >= 4 is 5.97 Å². The lowest BCUT2D eigenvalue weighted by atomic mass is 9.76. The maximum atomic E-state index is 11.9. The highest BCUT2D eigenvalue weighted by Crippen LogP contribution is 2.39. The third kappa shape index (κ3) is 2.31. The van der Waals surface area contributed by atoms with E-state index in [2.05, 4.69) is 6.92 Å². The van der Waals surface area contributed by atoms with Crippen molar-refractivity contribution in [2.24, 2.45) is 5.92 Å². The van der Waals surface area contributed by atoms with Crippen LogP contribution >= 0.6 is 0 Å². The van der Waals surface area contributed by atoms with Crippen LogP contribution in [0.3, 0.4) is 0 Å². The van der Waals surface area contributed by atoms with Crippen molar-refractivity contribution in [3.8, 4) is 0 Å². The monoisotopic (exact) mass is 263 g/mol. The number of aliphatic carboxylic acids is 1. The van der Waals surface area contributed by atoms with E-state index in [1.807, 2.05) is 18.4 Å². The van der Waals surface area contributed by atoms with Crippen LogP contribution in [0.15, 0.2) is 16.9 Å². The van der Waals surface area contributed by atoms with E-state index in [0.717, 1.165) is 24.2 Å². The molecule has 1 saturated carbocycles. The summed E-state index contributed by atoms with van der Waals surface area (Å²) in [5, 5.41) is 9.75.